The minimum Gasteiger partial charge on any atom is -0.370 e. The van der Waals surface area contributed by atoms with Crippen molar-refractivity contribution in [2.24, 2.45) is 5.41 Å². The second-order valence-corrected chi connectivity index (χ2v) is 7.42. The Morgan fingerprint density at radius 1 is 1.39 bits per heavy atom. The monoisotopic (exact) mass is 256 g/mol. The van der Waals surface area contributed by atoms with Crippen molar-refractivity contribution in [1.29, 1.82) is 0 Å². The number of hydrogen-bond donors (Lipinski definition) is 1. The summed E-state index contributed by atoms with van der Waals surface area (Å²) >= 11 is 0. The van der Waals surface area contributed by atoms with Gasteiger partial charge in [0, 0.05) is 19.1 Å². The molecule has 2 unspecified atom stereocenters. The number of nitrogens with zero attached hydrogens (tertiary/aromatic N) is 1. The standard InChI is InChI=1S/C15H32N2O/c1-12-10-17(11-15(5,6)18-12)9-8-13(16-7)14(2,3)4/h12-13,16H,8-11H2,1-7H3. The maximum Gasteiger partial charge on any atom is 0.0757 e. The Morgan fingerprint density at radius 3 is 2.44 bits per heavy atom. The van der Waals surface area contributed by atoms with E-state index in [9.17, 15) is 0 Å². The summed E-state index contributed by atoms with van der Waals surface area (Å²) in [5, 5.41) is 3.46. The van der Waals surface area contributed by atoms with E-state index in [0.29, 0.717) is 17.6 Å². The first kappa shape index (κ1) is 15.9. The van der Waals surface area contributed by atoms with Crippen molar-refractivity contribution in [2.45, 2.75) is 65.7 Å². The van der Waals surface area contributed by atoms with Crippen molar-refractivity contribution in [1.82, 2.24) is 10.2 Å². The van der Waals surface area contributed by atoms with Crippen molar-refractivity contribution in [3.05, 3.63) is 0 Å². The lowest BCUT2D eigenvalue weighted by Crippen LogP contribution is -2.53. The fourth-order valence-corrected chi connectivity index (χ4v) is 3.08. The van der Waals surface area contributed by atoms with Crippen molar-refractivity contribution in [2.75, 3.05) is 26.7 Å². The van der Waals surface area contributed by atoms with Crippen LogP contribution in [0.15, 0.2) is 0 Å². The molecule has 0 amide bonds. The number of hydrogen-bond acceptors (Lipinski definition) is 3. The molecule has 1 rings (SSSR count). The van der Waals surface area contributed by atoms with Crippen LogP contribution in [0.5, 0.6) is 0 Å². The van der Waals surface area contributed by atoms with Crippen LogP contribution in [-0.4, -0.2) is 49.3 Å². The van der Waals surface area contributed by atoms with Crippen molar-refractivity contribution in [3.8, 4) is 0 Å². The summed E-state index contributed by atoms with van der Waals surface area (Å²) in [5.74, 6) is 0. The van der Waals surface area contributed by atoms with Gasteiger partial charge in [-0.25, -0.2) is 0 Å². The van der Waals surface area contributed by atoms with Gasteiger partial charge in [-0.3, -0.25) is 4.90 Å². The highest BCUT2D eigenvalue weighted by atomic mass is 16.5. The maximum atomic E-state index is 5.95. The van der Waals surface area contributed by atoms with E-state index in [-0.39, 0.29) is 5.60 Å². The molecule has 0 saturated carbocycles. The molecule has 3 nitrogen and oxygen atoms in total. The van der Waals surface area contributed by atoms with E-state index >= 15 is 0 Å². The molecule has 108 valence electrons. The molecule has 0 aromatic carbocycles. The van der Waals surface area contributed by atoms with Gasteiger partial charge in [0.05, 0.1) is 11.7 Å². The molecule has 2 atom stereocenters. The predicted octanol–water partition coefficient (Wildman–Crippen LogP) is 2.51. The molecule has 1 fully saturated rings. The van der Waals surface area contributed by atoms with Crippen LogP contribution in [0.4, 0.5) is 0 Å². The summed E-state index contributed by atoms with van der Waals surface area (Å²) in [7, 11) is 2.07. The molecule has 18 heavy (non-hydrogen) atoms. The fourth-order valence-electron chi connectivity index (χ4n) is 3.08. The lowest BCUT2D eigenvalue weighted by molar-refractivity contribution is -0.129. The SMILES string of the molecule is CNC(CCN1CC(C)OC(C)(C)C1)C(C)(C)C. The van der Waals surface area contributed by atoms with Crippen molar-refractivity contribution < 1.29 is 4.74 Å². The highest BCUT2D eigenvalue weighted by molar-refractivity contribution is 4.85. The van der Waals surface area contributed by atoms with Gasteiger partial charge in [0.15, 0.2) is 0 Å². The molecule has 0 aromatic heterocycles. The smallest absolute Gasteiger partial charge is 0.0757 e. The first-order valence-corrected chi connectivity index (χ1v) is 7.21. The second-order valence-electron chi connectivity index (χ2n) is 7.42. The van der Waals surface area contributed by atoms with Crippen LogP contribution in [0.2, 0.25) is 0 Å². The van der Waals surface area contributed by atoms with Gasteiger partial charge in [-0.2, -0.15) is 0 Å². The Labute approximate surface area is 113 Å². The lowest BCUT2D eigenvalue weighted by atomic mass is 9.84. The van der Waals surface area contributed by atoms with E-state index in [1.807, 2.05) is 0 Å². The zero-order valence-corrected chi connectivity index (χ0v) is 13.3. The van der Waals surface area contributed by atoms with Gasteiger partial charge in [0.25, 0.3) is 0 Å². The minimum absolute atomic E-state index is 0.00542. The van der Waals surface area contributed by atoms with Crippen LogP contribution in [0.1, 0.15) is 48.0 Å². The molecule has 1 saturated heterocycles. The third-order valence-electron chi connectivity index (χ3n) is 3.77. The highest BCUT2D eigenvalue weighted by Gasteiger charge is 2.32. The van der Waals surface area contributed by atoms with Crippen LogP contribution in [-0.2, 0) is 4.74 Å². The molecule has 0 aliphatic carbocycles. The molecule has 1 aliphatic rings. The second kappa shape index (κ2) is 5.89. The number of morpholine rings is 1. The summed E-state index contributed by atoms with van der Waals surface area (Å²) in [6.45, 7) is 16.7. The molecule has 1 aliphatic heterocycles. The average Bonchev–Trinajstić information content (AvgIpc) is 2.12. The normalized spacial score (nSPS) is 27.2. The Balaban J connectivity index is 2.47. The van der Waals surface area contributed by atoms with Crippen LogP contribution in [0.25, 0.3) is 0 Å². The lowest BCUT2D eigenvalue weighted by Gasteiger charge is -2.42. The van der Waals surface area contributed by atoms with E-state index in [0.717, 1.165) is 19.6 Å². The summed E-state index contributed by atoms with van der Waals surface area (Å²) in [6, 6.07) is 0.568. The van der Waals surface area contributed by atoms with E-state index in [4.69, 9.17) is 4.74 Å². The predicted molar refractivity (Wildman–Crippen MR) is 78.0 cm³/mol. The Kier molecular flexibility index (Phi) is 5.22. The molecule has 1 N–H and O–H groups in total. The van der Waals surface area contributed by atoms with Crippen molar-refractivity contribution >= 4 is 0 Å². The number of rotatable bonds is 4. The van der Waals surface area contributed by atoms with Gasteiger partial charge in [-0.15, -0.1) is 0 Å². The van der Waals surface area contributed by atoms with E-state index in [1.54, 1.807) is 0 Å². The first-order valence-electron chi connectivity index (χ1n) is 7.21. The Hall–Kier alpha value is -0.120. The van der Waals surface area contributed by atoms with Gasteiger partial charge in [-0.1, -0.05) is 20.8 Å². The molecule has 0 bridgehead atoms. The number of ether oxygens (including phenoxy) is 1. The van der Waals surface area contributed by atoms with Crippen LogP contribution in [0.3, 0.4) is 0 Å². The van der Waals surface area contributed by atoms with E-state index < -0.39 is 0 Å². The van der Waals surface area contributed by atoms with Gasteiger partial charge < -0.3 is 10.1 Å². The summed E-state index contributed by atoms with van der Waals surface area (Å²) in [6.07, 6.45) is 1.54. The van der Waals surface area contributed by atoms with Crippen molar-refractivity contribution in [3.63, 3.8) is 0 Å². The highest BCUT2D eigenvalue weighted by Crippen LogP contribution is 2.24. The molecular weight excluding hydrogens is 224 g/mol. The Bertz CT molecular complexity index is 258. The van der Waals surface area contributed by atoms with Gasteiger partial charge >= 0.3 is 0 Å². The van der Waals surface area contributed by atoms with Gasteiger partial charge in [-0.05, 0) is 46.2 Å². The third-order valence-corrected chi connectivity index (χ3v) is 3.77. The molecule has 0 radical (unpaired) electrons. The molecule has 1 heterocycles. The fraction of sp³-hybridized carbons (Fsp3) is 1.00. The molecule has 0 aromatic rings. The van der Waals surface area contributed by atoms with E-state index in [1.165, 1.54) is 6.42 Å². The topological polar surface area (TPSA) is 24.5 Å². The maximum absolute atomic E-state index is 5.95. The first-order chi connectivity index (χ1) is 8.14. The van der Waals surface area contributed by atoms with E-state index in [2.05, 4.69) is 58.8 Å². The van der Waals surface area contributed by atoms with Gasteiger partial charge in [0.1, 0.15) is 0 Å². The molecule has 3 heteroatoms. The Morgan fingerprint density at radius 2 is 2.00 bits per heavy atom. The molecule has 0 spiro atoms. The average molecular weight is 256 g/mol. The largest absolute Gasteiger partial charge is 0.370 e. The summed E-state index contributed by atoms with van der Waals surface area (Å²) < 4.78 is 5.95. The van der Waals surface area contributed by atoms with Gasteiger partial charge in [0.2, 0.25) is 0 Å². The number of nitrogens with one attached hydrogen (secondary N) is 1. The molecular formula is C15H32N2O. The summed E-state index contributed by atoms with van der Waals surface area (Å²) in [5.41, 5.74) is 0.316. The van der Waals surface area contributed by atoms with Crippen LogP contribution in [0, 0.1) is 5.41 Å². The third kappa shape index (κ3) is 4.87. The zero-order valence-electron chi connectivity index (χ0n) is 13.3. The quantitative estimate of drug-likeness (QED) is 0.836. The van der Waals surface area contributed by atoms with Crippen LogP contribution >= 0.6 is 0 Å². The zero-order chi connectivity index (χ0) is 14.0. The minimum atomic E-state index is -0.00542. The van der Waals surface area contributed by atoms with Crippen LogP contribution < -0.4 is 5.32 Å². The summed E-state index contributed by atoms with van der Waals surface area (Å²) in [4.78, 5) is 2.55.